The van der Waals surface area contributed by atoms with Crippen LogP contribution < -0.4 is 67.8 Å². The largest absolute Gasteiger partial charge is 0.488 e. The minimum atomic E-state index is -4.38. The molecule has 144 heavy (non-hydrogen) atoms. The predicted octanol–water partition coefficient (Wildman–Crippen LogP) is 11.8. The van der Waals surface area contributed by atoms with Gasteiger partial charge in [-0.3, -0.25) is 53.4 Å². The molecule has 0 spiro atoms. The Morgan fingerprint density at radius 3 is 1.47 bits per heavy atom. The molecule has 2 saturated heterocycles. The van der Waals surface area contributed by atoms with Crippen molar-refractivity contribution >= 4 is 105 Å². The summed E-state index contributed by atoms with van der Waals surface area (Å²) in [5.41, 5.74) is 12.8. The molecule has 30 nitrogen and oxygen atoms in total. The number of rotatable bonds is 45. The summed E-state index contributed by atoms with van der Waals surface area (Å²) in [7, 11) is -4.38. The molecule has 0 bridgehead atoms. The zero-order chi connectivity index (χ0) is 104. The van der Waals surface area contributed by atoms with Gasteiger partial charge in [0.05, 0.1) is 22.1 Å². The van der Waals surface area contributed by atoms with E-state index in [1.54, 1.807) is 68.4 Å². The Labute approximate surface area is 853 Å². The maximum Gasteiger partial charge on any atom is 0.326 e. The molecule has 2 fully saturated rings. The van der Waals surface area contributed by atoms with Crippen LogP contribution in [-0.4, -0.2) is 203 Å². The number of aliphatic carboxylic acids is 1. The number of sulfonamides is 1. The molecule has 0 aromatic heterocycles. The van der Waals surface area contributed by atoms with Crippen molar-refractivity contribution in [2.75, 3.05) is 37.4 Å². The minimum Gasteiger partial charge on any atom is -0.488 e. The second-order valence-electron chi connectivity index (χ2n) is 39.2. The van der Waals surface area contributed by atoms with E-state index in [1.807, 2.05) is 244 Å². The summed E-state index contributed by atoms with van der Waals surface area (Å²) in [4.78, 5) is 168. The average Bonchev–Trinajstić information content (AvgIpc) is 0.934. The van der Waals surface area contributed by atoms with Crippen LogP contribution in [0.4, 0.5) is 0 Å². The van der Waals surface area contributed by atoms with Crippen LogP contribution in [0, 0.1) is 32.1 Å². The van der Waals surface area contributed by atoms with Crippen molar-refractivity contribution < 1.29 is 75.7 Å². The number of carbonyl (C=O) groups is 11. The second kappa shape index (κ2) is 49.8. The summed E-state index contributed by atoms with van der Waals surface area (Å²) in [5.74, 6) is -8.40. The Morgan fingerprint density at radius 2 is 0.972 bits per heavy atom. The molecule has 10 amide bonds. The molecule has 14 N–H and O–H groups in total. The van der Waals surface area contributed by atoms with Gasteiger partial charge >= 0.3 is 5.97 Å². The van der Waals surface area contributed by atoms with Crippen LogP contribution in [0.1, 0.15) is 186 Å². The second-order valence-corrected chi connectivity index (χ2v) is 43.0. The standard InChI is InChI=1S/C111H136N14O16S3/c1-70(2)65-91(106(136)137)121-101(131)88(66-76-54-56-83(57-55-76)140-108(7,8)9)118-102(132)92-52-35-62-124(92)104(134)74(6)115-100(130)89(68-94(126)122-110(77-39-22-14-23-40-77,78-41-24-15-25-42-78)79-43-26-16-27-44-79)119-103(133)93-53-36-63-125(93)105(135)90(67-75-37-20-13-21-38-75)120-99(129)87(59-64-142-12)117-98(128)86(51-34-61-114-107(113)123-144(138,139)96-72(4)71(3)95-84(73(96)5)58-60-109(10,11)141-95)116-97(127)85(112)69-143-111(80-45-28-17-29-46-80,81-47-30-18-31-48-81)82-49-32-19-33-50-82/h13-33,37-50,54-57,70,74,85-93H,34-36,51-53,58-69,112H2,1-12H3,(H,115,130)(H,116,127)(H,117,128)(H,118,132)(H,119,133)(H,120,129)(H,121,131)(H,122,126)(H,136,137)(H3,113,114,123)/t74-,85-,86-,87-,88-,89-,90-,91-,92-,93-/m0/s1. The summed E-state index contributed by atoms with van der Waals surface area (Å²) in [6, 6.07) is 58.7. The lowest BCUT2D eigenvalue weighted by molar-refractivity contribution is -0.144. The van der Waals surface area contributed by atoms with Crippen molar-refractivity contribution in [2.24, 2.45) is 11.7 Å². The molecule has 0 aliphatic carbocycles. The molecule has 10 atom stereocenters. The van der Waals surface area contributed by atoms with Crippen molar-refractivity contribution in [2.45, 2.75) is 246 Å². The van der Waals surface area contributed by atoms with Crippen LogP contribution in [0.2, 0.25) is 0 Å². The highest BCUT2D eigenvalue weighted by molar-refractivity contribution is 8.00. The molecule has 9 aromatic rings. The third kappa shape index (κ3) is 28.0. The van der Waals surface area contributed by atoms with Crippen LogP contribution in [0.3, 0.4) is 0 Å². The Bertz CT molecular complexity index is 5900. The zero-order valence-corrected chi connectivity index (χ0v) is 86.3. The van der Waals surface area contributed by atoms with E-state index in [-0.39, 0.29) is 94.0 Å². The van der Waals surface area contributed by atoms with Gasteiger partial charge in [0.1, 0.15) is 82.6 Å². The molecule has 764 valence electrons. The number of nitrogens with one attached hydrogen (secondary N) is 11. The normalized spacial score (nSPS) is 16.3. The number of thioether (sulfide) groups is 2. The van der Waals surface area contributed by atoms with Crippen molar-refractivity contribution in [3.63, 3.8) is 0 Å². The third-order valence-electron chi connectivity index (χ3n) is 26.4. The van der Waals surface area contributed by atoms with E-state index in [4.69, 9.17) is 20.6 Å². The van der Waals surface area contributed by atoms with Gasteiger partial charge in [-0.2, -0.15) is 11.8 Å². The zero-order valence-electron chi connectivity index (χ0n) is 83.9. The van der Waals surface area contributed by atoms with E-state index in [9.17, 15) is 27.9 Å². The lowest BCUT2D eigenvalue weighted by atomic mass is 9.77. The van der Waals surface area contributed by atoms with E-state index in [2.05, 4.69) is 52.6 Å². The van der Waals surface area contributed by atoms with Gasteiger partial charge in [0, 0.05) is 38.2 Å². The number of carbonyl (C=O) groups excluding carboxylic acids is 10. The summed E-state index contributed by atoms with van der Waals surface area (Å²) in [6.45, 7) is 19.8. The molecule has 3 heterocycles. The molecule has 3 aliphatic rings. The monoisotopic (exact) mass is 2020 g/mol. The number of amides is 10. The molecule has 12 rings (SSSR count). The quantitative estimate of drug-likeness (QED) is 0.00729. The Morgan fingerprint density at radius 1 is 0.535 bits per heavy atom. The first kappa shape index (κ1) is 109. The van der Waals surface area contributed by atoms with Gasteiger partial charge in [-0.25, -0.2) is 17.9 Å². The first-order valence-corrected chi connectivity index (χ1v) is 53.0. The number of nitrogens with zero attached hydrogens (tertiary/aromatic N) is 2. The minimum absolute atomic E-state index is 0.00957. The smallest absolute Gasteiger partial charge is 0.326 e. The molecule has 0 unspecified atom stereocenters. The topological polar surface area (TPSA) is 437 Å². The average molecular weight is 2020 g/mol. The highest BCUT2D eigenvalue weighted by Gasteiger charge is 2.47. The van der Waals surface area contributed by atoms with Gasteiger partial charge in [0.15, 0.2) is 0 Å². The van der Waals surface area contributed by atoms with Crippen LogP contribution in [-0.2, 0) is 92.3 Å². The fourth-order valence-corrected chi connectivity index (χ4v) is 22.5. The van der Waals surface area contributed by atoms with Gasteiger partial charge in [-0.15, -0.1) is 11.8 Å². The van der Waals surface area contributed by atoms with E-state index in [0.717, 1.165) is 22.3 Å². The fraction of sp³-hybridized carbons (Fsp3) is 0.405. The molecule has 3 aliphatic heterocycles. The number of fused-ring (bicyclic) bond motifs is 1. The van der Waals surface area contributed by atoms with Crippen LogP contribution in [0.15, 0.2) is 241 Å². The third-order valence-corrected chi connectivity index (χ3v) is 30.3. The Hall–Kier alpha value is -13.4. The number of hydrogen-bond donors (Lipinski definition) is 13. The van der Waals surface area contributed by atoms with Crippen LogP contribution in [0.25, 0.3) is 0 Å². The number of likely N-dealkylation sites (tertiary alicyclic amines) is 2. The molecule has 9 aromatic carbocycles. The number of carboxylic acid groups (broad SMARTS) is 1. The first-order valence-electron chi connectivity index (χ1n) is 49.2. The summed E-state index contributed by atoms with van der Waals surface area (Å²) in [5, 5.41) is 45.1. The van der Waals surface area contributed by atoms with E-state index in [1.165, 1.54) is 40.2 Å². The van der Waals surface area contributed by atoms with Gasteiger partial charge in [-0.1, -0.05) is 238 Å². The Kier molecular flexibility index (Phi) is 37.8. The van der Waals surface area contributed by atoms with E-state index < -0.39 is 169 Å². The van der Waals surface area contributed by atoms with Crippen LogP contribution in [0.5, 0.6) is 11.5 Å². The summed E-state index contributed by atoms with van der Waals surface area (Å²) >= 11 is 2.81. The number of guanidine groups is 1. The maximum atomic E-state index is 15.9. The molecule has 0 radical (unpaired) electrons. The summed E-state index contributed by atoms with van der Waals surface area (Å²) in [6.07, 6.45) is 2.73. The molecular weight excluding hydrogens is 1880 g/mol. The van der Waals surface area contributed by atoms with Crippen molar-refractivity contribution in [1.29, 1.82) is 5.41 Å². The van der Waals surface area contributed by atoms with E-state index >= 15 is 38.4 Å². The summed E-state index contributed by atoms with van der Waals surface area (Å²) < 4.78 is 42.7. The van der Waals surface area contributed by atoms with E-state index in [0.29, 0.717) is 81.0 Å². The fourth-order valence-electron chi connectivity index (χ4n) is 19.1. The van der Waals surface area contributed by atoms with Crippen LogP contribution >= 0.6 is 23.5 Å². The molecule has 33 heteroatoms. The van der Waals surface area contributed by atoms with Crippen molar-refractivity contribution in [3.05, 3.63) is 303 Å². The molecule has 0 saturated carbocycles. The predicted molar refractivity (Wildman–Crippen MR) is 560 cm³/mol. The number of carboxylic acids is 1. The number of hydrogen-bond acceptors (Lipinski definition) is 19. The van der Waals surface area contributed by atoms with Crippen molar-refractivity contribution in [1.82, 2.24) is 62.4 Å². The number of benzene rings is 9. The lowest BCUT2D eigenvalue weighted by Gasteiger charge is -2.37. The first-order chi connectivity index (χ1) is 68.7. The van der Waals surface area contributed by atoms with Gasteiger partial charge in [-0.05, 0) is 223 Å². The maximum absolute atomic E-state index is 15.9. The Balaban J connectivity index is 0.806. The number of nitrogens with two attached hydrogens (primary N) is 1. The highest BCUT2D eigenvalue weighted by atomic mass is 32.2. The van der Waals surface area contributed by atoms with Gasteiger partial charge < -0.3 is 78.0 Å². The van der Waals surface area contributed by atoms with Gasteiger partial charge in [0.2, 0.25) is 65.0 Å². The molecular formula is C111H136N14O16S3. The lowest BCUT2D eigenvalue weighted by Crippen LogP contribution is -2.61. The number of ether oxygens (including phenoxy) is 2. The SMILES string of the molecule is CSCC[C@H](NC(=O)[C@H](CCCNC(=N)NS(=O)(=O)c1c(C)c(C)c2c(c1C)CCC(C)(C)O2)NC(=O)[C@@H](N)CSC(c1ccccc1)(c1ccccc1)c1ccccc1)C(=O)N[C@@H](Cc1ccccc1)C(=O)N1CCC[C@H]1C(=O)N[C@@H](CC(=O)NC(c1ccccc1)(c1ccccc1)c1ccccc1)C(=O)N[C@@H](C)C(=O)N1CCC[C@H]1C(=O)N[C@@H](Cc1ccc(OC(C)(C)C)cc1)C(=O)N[C@@H](CC(C)C)C(=O)O. The van der Waals surface area contributed by atoms with Gasteiger partial charge in [0.25, 0.3) is 10.0 Å². The van der Waals surface area contributed by atoms with Crippen molar-refractivity contribution in [3.8, 4) is 11.5 Å². The highest BCUT2D eigenvalue weighted by Crippen LogP contribution is 2.49.